The Morgan fingerprint density at radius 1 is 1.30 bits per heavy atom. The maximum Gasteiger partial charge on any atom is 0.433 e. The number of rotatable bonds is 10. The van der Waals surface area contributed by atoms with Gasteiger partial charge in [-0.05, 0) is 25.3 Å². The first kappa shape index (κ1) is 25.4. The van der Waals surface area contributed by atoms with E-state index in [2.05, 4.69) is 32.2 Å². The zero-order valence-electron chi connectivity index (χ0n) is 15.7. The van der Waals surface area contributed by atoms with E-state index in [9.17, 15) is 13.2 Å². The molecule has 27 heavy (non-hydrogen) atoms. The van der Waals surface area contributed by atoms with Gasteiger partial charge in [-0.25, -0.2) is 9.97 Å². The summed E-state index contributed by atoms with van der Waals surface area (Å²) in [6, 6.07) is 0.843. The van der Waals surface area contributed by atoms with Crippen LogP contribution in [0.25, 0.3) is 0 Å². The number of aliphatic imine (C=N–C) groups is 1. The lowest BCUT2D eigenvalue weighted by molar-refractivity contribution is -0.141. The van der Waals surface area contributed by atoms with Crippen LogP contribution in [0, 0.1) is 0 Å². The van der Waals surface area contributed by atoms with Gasteiger partial charge in [0.1, 0.15) is 5.69 Å². The second kappa shape index (κ2) is 13.6. The number of nitrogens with zero attached hydrogens (tertiary/aromatic N) is 4. The number of unbranched alkanes of at least 4 members (excludes halogenated alkanes) is 3. The summed E-state index contributed by atoms with van der Waals surface area (Å²) < 4.78 is 37.8. The Balaban J connectivity index is 0.00000676. The Morgan fingerprint density at radius 3 is 2.67 bits per heavy atom. The summed E-state index contributed by atoms with van der Waals surface area (Å²) in [7, 11) is 3.64. The third-order valence-corrected chi connectivity index (χ3v) is 3.61. The van der Waals surface area contributed by atoms with Gasteiger partial charge in [-0.15, -0.1) is 30.6 Å². The van der Waals surface area contributed by atoms with Crippen LogP contribution in [0.2, 0.25) is 0 Å². The average Bonchev–Trinajstić information content (AvgIpc) is 2.61. The molecule has 1 aromatic rings. The molecule has 0 unspecified atom stereocenters. The van der Waals surface area contributed by atoms with Crippen molar-refractivity contribution in [1.82, 2.24) is 20.2 Å². The Morgan fingerprint density at radius 2 is 2.04 bits per heavy atom. The minimum absolute atomic E-state index is 0. The topological polar surface area (TPSA) is 65.4 Å². The molecule has 0 saturated carbocycles. The van der Waals surface area contributed by atoms with Gasteiger partial charge in [0, 0.05) is 39.9 Å². The number of alkyl halides is 3. The Bertz CT molecular complexity index is 580. The van der Waals surface area contributed by atoms with Crippen molar-refractivity contribution < 1.29 is 13.2 Å². The van der Waals surface area contributed by atoms with E-state index >= 15 is 0 Å². The van der Waals surface area contributed by atoms with Gasteiger partial charge < -0.3 is 15.5 Å². The molecular weight excluding hydrogens is 472 g/mol. The molecule has 154 valence electrons. The lowest BCUT2D eigenvalue weighted by Crippen LogP contribution is -2.41. The van der Waals surface area contributed by atoms with Gasteiger partial charge in [0.15, 0.2) is 5.96 Å². The molecular formula is C17H28F3IN6. The van der Waals surface area contributed by atoms with Crippen LogP contribution in [0.5, 0.6) is 0 Å². The first-order valence-electron chi connectivity index (χ1n) is 8.55. The fourth-order valence-electron chi connectivity index (χ4n) is 2.26. The predicted molar refractivity (Wildman–Crippen MR) is 114 cm³/mol. The number of aromatic nitrogens is 2. The maximum absolute atomic E-state index is 12.6. The maximum atomic E-state index is 12.6. The van der Waals surface area contributed by atoms with E-state index < -0.39 is 11.9 Å². The highest BCUT2D eigenvalue weighted by Gasteiger charge is 2.32. The lowest BCUT2D eigenvalue weighted by atomic mass is 10.2. The van der Waals surface area contributed by atoms with Crippen molar-refractivity contribution in [3.63, 3.8) is 0 Å². The molecule has 0 spiro atoms. The molecule has 6 nitrogen and oxygen atoms in total. The van der Waals surface area contributed by atoms with E-state index in [-0.39, 0.29) is 29.9 Å². The van der Waals surface area contributed by atoms with Crippen molar-refractivity contribution in [1.29, 1.82) is 0 Å². The van der Waals surface area contributed by atoms with Crippen molar-refractivity contribution in [3.8, 4) is 0 Å². The minimum atomic E-state index is -4.48. The van der Waals surface area contributed by atoms with Crippen molar-refractivity contribution in [2.75, 3.05) is 39.0 Å². The zero-order valence-corrected chi connectivity index (χ0v) is 18.1. The van der Waals surface area contributed by atoms with Crippen molar-refractivity contribution in [2.24, 2.45) is 4.99 Å². The summed E-state index contributed by atoms with van der Waals surface area (Å²) in [4.78, 5) is 13.5. The van der Waals surface area contributed by atoms with Crippen molar-refractivity contribution >= 4 is 35.9 Å². The molecule has 0 fully saturated rings. The van der Waals surface area contributed by atoms with Crippen LogP contribution in [0.3, 0.4) is 0 Å². The first-order chi connectivity index (χ1) is 12.4. The Kier molecular flexibility index (Phi) is 12.8. The number of nitrogens with one attached hydrogen (secondary N) is 2. The number of hydrogen-bond donors (Lipinski definition) is 2. The molecule has 0 amide bonds. The summed E-state index contributed by atoms with van der Waals surface area (Å²) >= 11 is 0. The number of halogens is 4. The average molecular weight is 500 g/mol. The summed E-state index contributed by atoms with van der Waals surface area (Å²) in [5.41, 5.74) is -0.963. The van der Waals surface area contributed by atoms with Crippen LogP contribution in [0.4, 0.5) is 19.1 Å². The highest BCUT2D eigenvalue weighted by Crippen LogP contribution is 2.27. The van der Waals surface area contributed by atoms with Gasteiger partial charge in [-0.1, -0.05) is 12.5 Å². The fourth-order valence-corrected chi connectivity index (χ4v) is 2.26. The second-order valence-electron chi connectivity index (χ2n) is 5.72. The standard InChI is InChI=1S/C17H27F3N6.HI/c1-4-5-6-7-8-13-26(3)16(21-2)24-12-11-23-15-22-10-9-14(25-15)17(18,19)20;/h4,9-10H,1,5-8,11-13H2,2-3H3,(H,21,24)(H,22,23,25);1H. The molecule has 10 heteroatoms. The molecule has 0 atom stereocenters. The van der Waals surface area contributed by atoms with E-state index in [1.165, 1.54) is 0 Å². The zero-order chi connectivity index (χ0) is 19.4. The summed E-state index contributed by atoms with van der Waals surface area (Å²) in [5.74, 6) is 0.688. The van der Waals surface area contributed by atoms with Crippen molar-refractivity contribution in [2.45, 2.75) is 31.9 Å². The largest absolute Gasteiger partial charge is 0.433 e. The van der Waals surface area contributed by atoms with Gasteiger partial charge in [0.05, 0.1) is 0 Å². The molecule has 2 N–H and O–H groups in total. The molecule has 0 aliphatic heterocycles. The molecule has 0 aromatic carbocycles. The Labute approximate surface area is 175 Å². The molecule has 1 aromatic heterocycles. The lowest BCUT2D eigenvalue weighted by Gasteiger charge is -2.22. The summed E-state index contributed by atoms with van der Waals surface area (Å²) in [5, 5.41) is 5.93. The quantitative estimate of drug-likeness (QED) is 0.168. The van der Waals surface area contributed by atoms with Gasteiger partial charge in [-0.2, -0.15) is 13.2 Å². The van der Waals surface area contributed by atoms with E-state index in [1.54, 1.807) is 7.05 Å². The molecule has 0 aliphatic carbocycles. The van der Waals surface area contributed by atoms with E-state index in [4.69, 9.17) is 0 Å². The first-order valence-corrected chi connectivity index (χ1v) is 8.55. The van der Waals surface area contributed by atoms with Gasteiger partial charge in [0.25, 0.3) is 0 Å². The van der Waals surface area contributed by atoms with E-state index in [0.717, 1.165) is 50.5 Å². The van der Waals surface area contributed by atoms with Crippen LogP contribution in [0.15, 0.2) is 29.9 Å². The predicted octanol–water partition coefficient (Wildman–Crippen LogP) is 3.78. The van der Waals surface area contributed by atoms with Crippen LogP contribution < -0.4 is 10.6 Å². The molecule has 1 rings (SSSR count). The van der Waals surface area contributed by atoms with Gasteiger partial charge in [-0.3, -0.25) is 4.99 Å². The van der Waals surface area contributed by atoms with Gasteiger partial charge >= 0.3 is 6.18 Å². The monoisotopic (exact) mass is 500 g/mol. The SMILES string of the molecule is C=CCCCCCN(C)C(=NC)NCCNc1nccc(C(F)(F)F)n1.I. The molecule has 0 radical (unpaired) electrons. The summed E-state index contributed by atoms with van der Waals surface area (Å²) in [6.07, 6.45) is 2.87. The normalized spacial score (nSPS) is 11.5. The van der Waals surface area contributed by atoms with E-state index in [1.807, 2.05) is 18.0 Å². The van der Waals surface area contributed by atoms with Crippen LogP contribution in [-0.2, 0) is 6.18 Å². The second-order valence-corrected chi connectivity index (χ2v) is 5.72. The number of guanidine groups is 1. The highest BCUT2D eigenvalue weighted by atomic mass is 127. The third kappa shape index (κ3) is 10.4. The third-order valence-electron chi connectivity index (χ3n) is 3.61. The molecule has 0 aliphatic rings. The molecule has 1 heterocycles. The number of anilines is 1. The number of hydrogen-bond acceptors (Lipinski definition) is 4. The fraction of sp³-hybridized carbons (Fsp3) is 0.588. The minimum Gasteiger partial charge on any atom is -0.354 e. The Hall–Kier alpha value is -1.59. The van der Waals surface area contributed by atoms with Crippen LogP contribution in [-0.4, -0.2) is 54.6 Å². The number of allylic oxidation sites excluding steroid dienone is 1. The van der Waals surface area contributed by atoms with E-state index in [0.29, 0.717) is 13.1 Å². The smallest absolute Gasteiger partial charge is 0.354 e. The van der Waals surface area contributed by atoms with Crippen LogP contribution in [0.1, 0.15) is 31.4 Å². The highest BCUT2D eigenvalue weighted by molar-refractivity contribution is 14.0. The van der Waals surface area contributed by atoms with Crippen LogP contribution >= 0.6 is 24.0 Å². The van der Waals surface area contributed by atoms with Crippen molar-refractivity contribution in [3.05, 3.63) is 30.6 Å². The van der Waals surface area contributed by atoms with Gasteiger partial charge in [0.2, 0.25) is 5.95 Å². The summed E-state index contributed by atoms with van der Waals surface area (Å²) in [6.45, 7) is 5.43. The molecule has 0 bridgehead atoms. The molecule has 0 saturated heterocycles.